The second kappa shape index (κ2) is 4.62. The minimum Gasteiger partial charge on any atom is -0.473 e. The third-order valence-corrected chi connectivity index (χ3v) is 3.46. The molecule has 7 nitrogen and oxygen atoms in total. The third kappa shape index (κ3) is 2.22. The maximum absolute atomic E-state index is 11.4. The van der Waals surface area contributed by atoms with Gasteiger partial charge in [-0.2, -0.15) is 0 Å². The molecule has 21 heavy (non-hydrogen) atoms. The van der Waals surface area contributed by atoms with Gasteiger partial charge in [-0.25, -0.2) is 9.98 Å². The molecule has 0 spiro atoms. The highest BCUT2D eigenvalue weighted by Gasteiger charge is 2.29. The quantitative estimate of drug-likeness (QED) is 0.906. The van der Waals surface area contributed by atoms with Crippen LogP contribution in [0.4, 0.5) is 5.69 Å². The van der Waals surface area contributed by atoms with Crippen molar-refractivity contribution < 1.29 is 9.53 Å². The number of nitrogens with zero attached hydrogens (tertiary/aromatic N) is 4. The highest BCUT2D eigenvalue weighted by molar-refractivity contribution is 6.05. The van der Waals surface area contributed by atoms with Gasteiger partial charge in [0.25, 0.3) is 0 Å². The van der Waals surface area contributed by atoms with Crippen LogP contribution in [0, 0.1) is 0 Å². The highest BCUT2D eigenvalue weighted by Crippen LogP contribution is 2.30. The van der Waals surface area contributed by atoms with Gasteiger partial charge in [0.1, 0.15) is 12.3 Å². The molecule has 4 rings (SSSR count). The summed E-state index contributed by atoms with van der Waals surface area (Å²) in [5.41, 5.74) is 1.93. The van der Waals surface area contributed by atoms with E-state index in [2.05, 4.69) is 15.3 Å². The SMILES string of the molecule is O=C1CN2Cc3cc(OCn4ccnc4)ccc3N=C2N1. The van der Waals surface area contributed by atoms with E-state index in [9.17, 15) is 4.79 Å². The molecule has 1 N–H and O–H groups in total. The smallest absolute Gasteiger partial charge is 0.246 e. The molecule has 0 aliphatic carbocycles. The number of imidazole rings is 1. The molecule has 0 saturated carbocycles. The molecular weight excluding hydrogens is 270 g/mol. The third-order valence-electron chi connectivity index (χ3n) is 3.46. The number of carbonyl (C=O) groups excluding carboxylic acids is 1. The Labute approximate surface area is 120 Å². The van der Waals surface area contributed by atoms with E-state index in [1.807, 2.05) is 33.9 Å². The van der Waals surface area contributed by atoms with Gasteiger partial charge in [-0.1, -0.05) is 0 Å². The van der Waals surface area contributed by atoms with E-state index in [0.717, 1.165) is 17.0 Å². The van der Waals surface area contributed by atoms with Crippen molar-refractivity contribution in [1.29, 1.82) is 0 Å². The Morgan fingerprint density at radius 3 is 3.14 bits per heavy atom. The van der Waals surface area contributed by atoms with E-state index in [1.54, 1.807) is 12.5 Å². The highest BCUT2D eigenvalue weighted by atomic mass is 16.5. The molecule has 3 heterocycles. The van der Waals surface area contributed by atoms with Crippen LogP contribution in [0.15, 0.2) is 41.9 Å². The molecule has 0 unspecified atom stereocenters. The minimum absolute atomic E-state index is 0.0156. The lowest BCUT2D eigenvalue weighted by molar-refractivity contribution is -0.118. The Hall–Kier alpha value is -2.83. The van der Waals surface area contributed by atoms with Gasteiger partial charge < -0.3 is 14.2 Å². The van der Waals surface area contributed by atoms with Crippen LogP contribution in [0.3, 0.4) is 0 Å². The molecule has 0 atom stereocenters. The van der Waals surface area contributed by atoms with Crippen LogP contribution in [0.1, 0.15) is 5.56 Å². The second-order valence-electron chi connectivity index (χ2n) is 4.98. The first-order valence-corrected chi connectivity index (χ1v) is 6.63. The second-order valence-corrected chi connectivity index (χ2v) is 4.98. The number of ether oxygens (including phenoxy) is 1. The van der Waals surface area contributed by atoms with Crippen molar-refractivity contribution in [1.82, 2.24) is 19.8 Å². The lowest BCUT2D eigenvalue weighted by atomic mass is 10.1. The maximum atomic E-state index is 11.4. The molecule has 2 aliphatic rings. The molecule has 1 aromatic carbocycles. The van der Waals surface area contributed by atoms with E-state index in [4.69, 9.17) is 4.74 Å². The first-order chi connectivity index (χ1) is 10.3. The van der Waals surface area contributed by atoms with Crippen molar-refractivity contribution >= 4 is 17.6 Å². The molecule has 106 valence electrons. The van der Waals surface area contributed by atoms with Crippen LogP contribution in [0.5, 0.6) is 5.75 Å². The molecule has 0 radical (unpaired) electrons. The summed E-state index contributed by atoms with van der Waals surface area (Å²) in [7, 11) is 0. The van der Waals surface area contributed by atoms with Crippen molar-refractivity contribution in [3.05, 3.63) is 42.5 Å². The number of nitrogens with one attached hydrogen (secondary N) is 1. The van der Waals surface area contributed by atoms with Crippen molar-refractivity contribution in [2.45, 2.75) is 13.3 Å². The van der Waals surface area contributed by atoms with Gasteiger partial charge in [0.15, 0.2) is 6.73 Å². The van der Waals surface area contributed by atoms with E-state index in [-0.39, 0.29) is 5.91 Å². The molecule has 2 aliphatic heterocycles. The fraction of sp³-hybridized carbons (Fsp3) is 0.214. The normalized spacial score (nSPS) is 16.1. The molecule has 7 heteroatoms. The summed E-state index contributed by atoms with van der Waals surface area (Å²) >= 11 is 0. The van der Waals surface area contributed by atoms with Crippen molar-refractivity contribution in [2.24, 2.45) is 4.99 Å². The lowest BCUT2D eigenvalue weighted by Crippen LogP contribution is -2.31. The number of hydrogen-bond acceptors (Lipinski definition) is 5. The Balaban J connectivity index is 1.54. The zero-order valence-electron chi connectivity index (χ0n) is 11.2. The summed E-state index contributed by atoms with van der Waals surface area (Å²) in [6.45, 7) is 1.44. The van der Waals surface area contributed by atoms with Gasteiger partial charge in [-0.15, -0.1) is 0 Å². The zero-order valence-corrected chi connectivity index (χ0v) is 11.2. The van der Waals surface area contributed by atoms with Crippen molar-refractivity contribution in [2.75, 3.05) is 6.54 Å². The number of hydrogen-bond donors (Lipinski definition) is 1. The molecule has 1 saturated heterocycles. The van der Waals surface area contributed by atoms with Crippen LogP contribution in [0.2, 0.25) is 0 Å². The predicted octanol–water partition coefficient (Wildman–Crippen LogP) is 0.853. The van der Waals surface area contributed by atoms with E-state index in [1.165, 1.54) is 0 Å². The van der Waals surface area contributed by atoms with Gasteiger partial charge >= 0.3 is 0 Å². The van der Waals surface area contributed by atoms with E-state index < -0.39 is 0 Å². The number of fused-ring (bicyclic) bond motifs is 2. The van der Waals surface area contributed by atoms with Crippen molar-refractivity contribution in [3.63, 3.8) is 0 Å². The molecule has 0 bridgehead atoms. The Morgan fingerprint density at radius 1 is 1.33 bits per heavy atom. The van der Waals surface area contributed by atoms with Gasteiger partial charge in [0.05, 0.1) is 12.0 Å². The fourth-order valence-corrected chi connectivity index (χ4v) is 2.44. The maximum Gasteiger partial charge on any atom is 0.246 e. The number of guanidine groups is 1. The van der Waals surface area contributed by atoms with Crippen molar-refractivity contribution in [3.8, 4) is 5.75 Å². The molecule has 1 aromatic heterocycles. The van der Waals surface area contributed by atoms with Crippen LogP contribution in [-0.4, -0.2) is 32.9 Å². The molecular formula is C14H13N5O2. The van der Waals surface area contributed by atoms with Crippen LogP contribution in [-0.2, 0) is 18.1 Å². The van der Waals surface area contributed by atoms with Gasteiger partial charge in [-0.3, -0.25) is 10.1 Å². The number of carbonyl (C=O) groups is 1. The number of benzene rings is 1. The molecule has 1 amide bonds. The van der Waals surface area contributed by atoms with Crippen LogP contribution < -0.4 is 10.1 Å². The average Bonchev–Trinajstić information content (AvgIpc) is 3.10. The molecule has 1 fully saturated rings. The summed E-state index contributed by atoms with van der Waals surface area (Å²) in [5, 5.41) is 2.75. The Bertz CT molecular complexity index is 723. The van der Waals surface area contributed by atoms with Gasteiger partial charge in [0, 0.05) is 24.5 Å². The van der Waals surface area contributed by atoms with E-state index >= 15 is 0 Å². The molecule has 2 aromatic rings. The Kier molecular flexibility index (Phi) is 2.63. The largest absolute Gasteiger partial charge is 0.473 e. The van der Waals surface area contributed by atoms with E-state index in [0.29, 0.717) is 25.8 Å². The first kappa shape index (κ1) is 12.0. The summed E-state index contributed by atoms with van der Waals surface area (Å²) in [6.07, 6.45) is 5.26. The Morgan fingerprint density at radius 2 is 2.29 bits per heavy atom. The van der Waals surface area contributed by atoms with Crippen LogP contribution in [0.25, 0.3) is 0 Å². The summed E-state index contributed by atoms with van der Waals surface area (Å²) in [6, 6.07) is 5.76. The standard InChI is InChI=1S/C14H13N5O2/c20-13-7-19-6-10-5-11(21-9-18-4-3-15-8-18)1-2-12(10)16-14(19)17-13/h1-5,8H,6-7,9H2,(H,16,17,20). The predicted molar refractivity (Wildman–Crippen MR) is 74.9 cm³/mol. The van der Waals surface area contributed by atoms with Gasteiger partial charge in [0.2, 0.25) is 11.9 Å². The zero-order chi connectivity index (χ0) is 14.2. The summed E-state index contributed by atoms with van der Waals surface area (Å²) in [5.74, 6) is 1.40. The summed E-state index contributed by atoms with van der Waals surface area (Å²) < 4.78 is 7.57. The first-order valence-electron chi connectivity index (χ1n) is 6.63. The minimum atomic E-state index is -0.0156. The monoisotopic (exact) mass is 283 g/mol. The fourth-order valence-electron chi connectivity index (χ4n) is 2.44. The number of aliphatic imine (C=N–C) groups is 1. The number of aromatic nitrogens is 2. The van der Waals surface area contributed by atoms with Crippen LogP contribution >= 0.6 is 0 Å². The number of amides is 1. The number of rotatable bonds is 3. The summed E-state index contributed by atoms with van der Waals surface area (Å²) in [4.78, 5) is 21.7. The average molecular weight is 283 g/mol. The topological polar surface area (TPSA) is 71.8 Å². The van der Waals surface area contributed by atoms with Gasteiger partial charge in [-0.05, 0) is 18.2 Å². The lowest BCUT2D eigenvalue weighted by Gasteiger charge is -2.23.